The molecule has 2 unspecified atom stereocenters. The summed E-state index contributed by atoms with van der Waals surface area (Å²) in [6, 6.07) is 8.45. The molecule has 2 atom stereocenters. The molecular weight excluding hydrogens is 467 g/mol. The molecule has 0 heterocycles. The molecule has 3 aliphatic rings. The molecule has 0 aliphatic heterocycles. The van der Waals surface area contributed by atoms with Gasteiger partial charge in [0, 0.05) is 12.6 Å². The Labute approximate surface area is 210 Å². The molecule has 3 saturated carbocycles. The molecule has 0 radical (unpaired) electrons. The SMILES string of the molecule is C[C@H]1CC[C@@H](Oc2ccc3cc(CNC4CC(C(=O)O)C45CCCCC5)ccc3c2C(F)(F)F)CC1. The summed E-state index contributed by atoms with van der Waals surface area (Å²) in [4.78, 5) is 11.8. The lowest BCUT2D eigenvalue weighted by Gasteiger charge is -2.56. The summed E-state index contributed by atoms with van der Waals surface area (Å²) in [5.74, 6) is -0.486. The first kappa shape index (κ1) is 25.4. The van der Waals surface area contributed by atoms with Crippen LogP contribution in [0, 0.1) is 17.3 Å². The minimum atomic E-state index is -4.51. The molecule has 1 spiro atoms. The highest BCUT2D eigenvalue weighted by atomic mass is 19.4. The molecule has 4 nitrogen and oxygen atoms in total. The zero-order valence-electron chi connectivity index (χ0n) is 20.9. The molecular formula is C29H36F3NO3. The fourth-order valence-electron chi connectivity index (χ4n) is 6.96. The zero-order valence-corrected chi connectivity index (χ0v) is 20.9. The highest BCUT2D eigenvalue weighted by Gasteiger charge is 2.57. The van der Waals surface area contributed by atoms with Gasteiger partial charge in [0.25, 0.3) is 0 Å². The minimum absolute atomic E-state index is 0.0751. The van der Waals surface area contributed by atoms with Gasteiger partial charge in [-0.1, -0.05) is 44.4 Å². The standard InChI is InChI=1S/C29H36F3NO3/c1-18-5-9-21(10-6-18)36-24-12-8-20-15-19(7-11-22(20)26(24)29(30,31)32)17-33-25-16-23(27(34)35)28(25)13-3-2-4-14-28/h7-8,11-12,15,18,21,23,25,33H,2-6,9-10,13-14,16-17H2,1H3,(H,34,35)/t18-,21+,23?,25?. The van der Waals surface area contributed by atoms with Crippen molar-refractivity contribution in [2.45, 2.75) is 96.0 Å². The quantitative estimate of drug-likeness (QED) is 0.433. The van der Waals surface area contributed by atoms with Gasteiger partial charge in [-0.2, -0.15) is 13.2 Å². The van der Waals surface area contributed by atoms with E-state index in [0.717, 1.165) is 63.4 Å². The number of nitrogens with one attached hydrogen (secondary N) is 1. The molecule has 2 aromatic carbocycles. The lowest BCUT2D eigenvalue weighted by molar-refractivity contribution is -0.161. The minimum Gasteiger partial charge on any atom is -0.490 e. The first-order chi connectivity index (χ1) is 17.2. The fraction of sp³-hybridized carbons (Fsp3) is 0.621. The molecule has 0 aromatic heterocycles. The Balaban J connectivity index is 1.34. The Bertz CT molecular complexity index is 1100. The number of alkyl halides is 3. The smallest absolute Gasteiger partial charge is 0.420 e. The third kappa shape index (κ3) is 4.83. The largest absolute Gasteiger partial charge is 0.490 e. The number of ether oxygens (including phenoxy) is 1. The molecule has 36 heavy (non-hydrogen) atoms. The maximum absolute atomic E-state index is 14.2. The lowest BCUT2D eigenvalue weighted by atomic mass is 9.50. The van der Waals surface area contributed by atoms with Crippen molar-refractivity contribution in [3.05, 3.63) is 41.5 Å². The van der Waals surface area contributed by atoms with Gasteiger partial charge in [0.1, 0.15) is 11.3 Å². The Morgan fingerprint density at radius 2 is 1.81 bits per heavy atom. The summed E-state index contributed by atoms with van der Waals surface area (Å²) in [6.07, 6.45) is 4.57. The first-order valence-electron chi connectivity index (χ1n) is 13.4. The van der Waals surface area contributed by atoms with Crippen LogP contribution in [0.25, 0.3) is 10.8 Å². The van der Waals surface area contributed by atoms with Crippen LogP contribution in [0.3, 0.4) is 0 Å². The number of halogens is 3. The van der Waals surface area contributed by atoms with Crippen molar-refractivity contribution in [1.29, 1.82) is 0 Å². The third-order valence-corrected chi connectivity index (χ3v) is 9.08. The predicted octanol–water partition coefficient (Wildman–Crippen LogP) is 7.33. The second kappa shape index (κ2) is 9.88. The summed E-state index contributed by atoms with van der Waals surface area (Å²) < 4.78 is 48.4. The van der Waals surface area contributed by atoms with Crippen LogP contribution < -0.4 is 10.1 Å². The number of carboxylic acids is 1. The van der Waals surface area contributed by atoms with Gasteiger partial charge in [0.2, 0.25) is 0 Å². The van der Waals surface area contributed by atoms with Gasteiger partial charge < -0.3 is 15.2 Å². The predicted molar refractivity (Wildman–Crippen MR) is 133 cm³/mol. The Morgan fingerprint density at radius 1 is 1.08 bits per heavy atom. The van der Waals surface area contributed by atoms with E-state index in [2.05, 4.69) is 12.2 Å². The molecule has 3 aliphatic carbocycles. The van der Waals surface area contributed by atoms with E-state index in [0.29, 0.717) is 24.3 Å². The number of hydrogen-bond acceptors (Lipinski definition) is 3. The van der Waals surface area contributed by atoms with E-state index in [1.54, 1.807) is 18.2 Å². The van der Waals surface area contributed by atoms with Gasteiger partial charge in [-0.15, -0.1) is 0 Å². The van der Waals surface area contributed by atoms with Crippen LogP contribution >= 0.6 is 0 Å². The number of aliphatic carboxylic acids is 1. The van der Waals surface area contributed by atoms with Crippen LogP contribution in [0.15, 0.2) is 30.3 Å². The highest BCUT2D eigenvalue weighted by molar-refractivity contribution is 5.89. The average molecular weight is 504 g/mol. The molecule has 2 aromatic rings. The summed E-state index contributed by atoms with van der Waals surface area (Å²) in [5, 5.41) is 13.9. The second-order valence-corrected chi connectivity index (χ2v) is 11.3. The summed E-state index contributed by atoms with van der Waals surface area (Å²) in [7, 11) is 0. The van der Waals surface area contributed by atoms with Gasteiger partial charge in [0.15, 0.2) is 0 Å². The van der Waals surface area contributed by atoms with Crippen molar-refractivity contribution in [2.75, 3.05) is 0 Å². The number of carbonyl (C=O) groups is 1. The zero-order chi connectivity index (χ0) is 25.5. The van der Waals surface area contributed by atoms with Gasteiger partial charge in [-0.05, 0) is 84.7 Å². The van der Waals surface area contributed by atoms with Crippen molar-refractivity contribution in [3.63, 3.8) is 0 Å². The normalized spacial score (nSPS) is 28.1. The van der Waals surface area contributed by atoms with Crippen LogP contribution in [0.1, 0.15) is 82.3 Å². The van der Waals surface area contributed by atoms with E-state index < -0.39 is 17.7 Å². The molecule has 0 amide bonds. The Morgan fingerprint density at radius 3 is 2.47 bits per heavy atom. The van der Waals surface area contributed by atoms with Gasteiger partial charge in [-0.25, -0.2) is 0 Å². The van der Waals surface area contributed by atoms with Crippen molar-refractivity contribution >= 4 is 16.7 Å². The van der Waals surface area contributed by atoms with Crippen LogP contribution in [-0.2, 0) is 17.5 Å². The van der Waals surface area contributed by atoms with E-state index in [1.807, 2.05) is 6.07 Å². The Hall–Kier alpha value is -2.28. The van der Waals surface area contributed by atoms with Gasteiger partial charge in [0.05, 0.1) is 12.0 Å². The fourth-order valence-corrected chi connectivity index (χ4v) is 6.96. The van der Waals surface area contributed by atoms with Gasteiger partial charge in [-0.3, -0.25) is 4.79 Å². The third-order valence-electron chi connectivity index (χ3n) is 9.08. The summed E-state index contributed by atoms with van der Waals surface area (Å²) in [5.41, 5.74) is 0.0194. The maximum Gasteiger partial charge on any atom is 0.420 e. The van der Waals surface area contributed by atoms with Crippen LogP contribution in [-0.4, -0.2) is 23.2 Å². The van der Waals surface area contributed by atoms with E-state index in [1.165, 1.54) is 6.07 Å². The van der Waals surface area contributed by atoms with E-state index >= 15 is 0 Å². The van der Waals surface area contributed by atoms with Crippen LogP contribution in [0.5, 0.6) is 5.75 Å². The van der Waals surface area contributed by atoms with Crippen LogP contribution in [0.4, 0.5) is 13.2 Å². The number of hydrogen-bond donors (Lipinski definition) is 2. The van der Waals surface area contributed by atoms with E-state index in [9.17, 15) is 23.1 Å². The lowest BCUT2D eigenvalue weighted by Crippen LogP contribution is -2.62. The number of rotatable bonds is 6. The van der Waals surface area contributed by atoms with Crippen molar-refractivity contribution in [3.8, 4) is 5.75 Å². The summed E-state index contributed by atoms with van der Waals surface area (Å²) in [6.45, 7) is 2.68. The number of carboxylic acid groups (broad SMARTS) is 1. The van der Waals surface area contributed by atoms with Crippen molar-refractivity contribution in [2.24, 2.45) is 17.3 Å². The molecule has 0 bridgehead atoms. The second-order valence-electron chi connectivity index (χ2n) is 11.3. The van der Waals surface area contributed by atoms with Crippen LogP contribution in [0.2, 0.25) is 0 Å². The number of benzene rings is 2. The monoisotopic (exact) mass is 503 g/mol. The van der Waals surface area contributed by atoms with E-state index in [-0.39, 0.29) is 34.6 Å². The molecule has 2 N–H and O–H groups in total. The average Bonchev–Trinajstić information content (AvgIpc) is 2.84. The summed E-state index contributed by atoms with van der Waals surface area (Å²) >= 11 is 0. The highest BCUT2D eigenvalue weighted by Crippen LogP contribution is 2.56. The molecule has 3 fully saturated rings. The first-order valence-corrected chi connectivity index (χ1v) is 13.4. The molecule has 196 valence electrons. The van der Waals surface area contributed by atoms with Gasteiger partial charge >= 0.3 is 12.1 Å². The van der Waals surface area contributed by atoms with E-state index in [4.69, 9.17) is 4.74 Å². The maximum atomic E-state index is 14.2. The molecule has 7 heteroatoms. The Kier molecular flexibility index (Phi) is 6.96. The number of fused-ring (bicyclic) bond motifs is 1. The molecule has 0 saturated heterocycles. The topological polar surface area (TPSA) is 58.6 Å². The van der Waals surface area contributed by atoms with Crippen molar-refractivity contribution in [1.82, 2.24) is 5.32 Å². The molecule has 5 rings (SSSR count). The van der Waals surface area contributed by atoms with Crippen molar-refractivity contribution < 1.29 is 27.8 Å².